The van der Waals surface area contributed by atoms with Crippen LogP contribution >= 0.6 is 0 Å². The van der Waals surface area contributed by atoms with Crippen LogP contribution in [0.25, 0.3) is 0 Å². The van der Waals surface area contributed by atoms with Crippen LogP contribution in [0.4, 0.5) is 5.69 Å². The molecule has 2 aromatic rings. The van der Waals surface area contributed by atoms with Gasteiger partial charge in [0.25, 0.3) is 5.91 Å². The summed E-state index contributed by atoms with van der Waals surface area (Å²) in [5.74, 6) is 1.36. The average molecular weight is 341 g/mol. The van der Waals surface area contributed by atoms with Crippen LogP contribution in [0.1, 0.15) is 28.9 Å². The van der Waals surface area contributed by atoms with Gasteiger partial charge in [0.1, 0.15) is 5.69 Å². The van der Waals surface area contributed by atoms with Crippen molar-refractivity contribution in [2.75, 3.05) is 26.1 Å². The van der Waals surface area contributed by atoms with E-state index in [4.69, 9.17) is 9.47 Å². The lowest BCUT2D eigenvalue weighted by atomic mass is 10.1. The quantitative estimate of drug-likeness (QED) is 0.772. The number of anilines is 1. The number of carbonyl (C=O) groups is 1. The van der Waals surface area contributed by atoms with Gasteiger partial charge in [-0.2, -0.15) is 0 Å². The van der Waals surface area contributed by atoms with E-state index in [9.17, 15) is 4.79 Å². The number of benzene rings is 1. The van der Waals surface area contributed by atoms with Gasteiger partial charge in [-0.1, -0.05) is 6.07 Å². The molecule has 6 heteroatoms. The van der Waals surface area contributed by atoms with Gasteiger partial charge in [-0.3, -0.25) is 4.79 Å². The Bertz CT molecular complexity index is 727. The highest BCUT2D eigenvalue weighted by Gasteiger charge is 2.24. The Balaban J connectivity index is 1.50. The molecule has 1 aliphatic rings. The first-order valence-corrected chi connectivity index (χ1v) is 8.41. The molecule has 1 heterocycles. The lowest BCUT2D eigenvalue weighted by molar-refractivity contribution is 0.0946. The molecular formula is C19H23N3O3. The molecule has 0 spiro atoms. The Morgan fingerprint density at radius 2 is 1.96 bits per heavy atom. The number of amides is 1. The third kappa shape index (κ3) is 4.62. The van der Waals surface area contributed by atoms with Gasteiger partial charge in [-0.15, -0.1) is 0 Å². The number of carbonyl (C=O) groups excluding carboxylic acids is 1. The Morgan fingerprint density at radius 1 is 1.16 bits per heavy atom. The SMILES string of the molecule is COc1ccc(CCNc2ccc(C(=O)NC3CC3)nc2)cc1OC. The molecule has 0 bridgehead atoms. The fourth-order valence-corrected chi connectivity index (χ4v) is 2.51. The summed E-state index contributed by atoms with van der Waals surface area (Å²) in [7, 11) is 3.26. The predicted octanol–water partition coefficient (Wildman–Crippen LogP) is 2.65. The third-order valence-corrected chi connectivity index (χ3v) is 4.10. The van der Waals surface area contributed by atoms with Crippen molar-refractivity contribution in [1.29, 1.82) is 0 Å². The fraction of sp³-hybridized carbons (Fsp3) is 0.368. The monoisotopic (exact) mass is 341 g/mol. The summed E-state index contributed by atoms with van der Waals surface area (Å²) in [6.45, 7) is 0.755. The van der Waals surface area contributed by atoms with Crippen molar-refractivity contribution in [2.24, 2.45) is 0 Å². The van der Waals surface area contributed by atoms with Crippen LogP contribution < -0.4 is 20.1 Å². The molecular weight excluding hydrogens is 318 g/mol. The van der Waals surface area contributed by atoms with Crippen LogP contribution in [-0.2, 0) is 6.42 Å². The molecule has 1 aromatic carbocycles. The van der Waals surface area contributed by atoms with Crippen LogP contribution in [0.2, 0.25) is 0 Å². The molecule has 3 rings (SSSR count). The first kappa shape index (κ1) is 17.1. The first-order chi connectivity index (χ1) is 12.2. The van der Waals surface area contributed by atoms with Gasteiger partial charge < -0.3 is 20.1 Å². The van der Waals surface area contributed by atoms with Gasteiger partial charge >= 0.3 is 0 Å². The minimum absolute atomic E-state index is 0.0978. The lowest BCUT2D eigenvalue weighted by Crippen LogP contribution is -2.26. The molecule has 0 aliphatic heterocycles. The molecule has 1 aliphatic carbocycles. The summed E-state index contributed by atoms with van der Waals surface area (Å²) in [6.07, 6.45) is 4.67. The number of ether oxygens (including phenoxy) is 2. The van der Waals surface area contributed by atoms with Crippen LogP contribution in [-0.4, -0.2) is 37.7 Å². The number of hydrogen-bond acceptors (Lipinski definition) is 5. The zero-order valence-electron chi connectivity index (χ0n) is 14.5. The Kier molecular flexibility index (Phi) is 5.38. The molecule has 132 valence electrons. The summed E-state index contributed by atoms with van der Waals surface area (Å²) >= 11 is 0. The molecule has 25 heavy (non-hydrogen) atoms. The van der Waals surface area contributed by atoms with E-state index in [1.54, 1.807) is 26.5 Å². The zero-order chi connectivity index (χ0) is 17.6. The lowest BCUT2D eigenvalue weighted by Gasteiger charge is -2.10. The minimum atomic E-state index is -0.0978. The van der Waals surface area contributed by atoms with E-state index in [1.165, 1.54) is 0 Å². The van der Waals surface area contributed by atoms with E-state index in [0.717, 1.165) is 48.6 Å². The van der Waals surface area contributed by atoms with Crippen molar-refractivity contribution in [3.05, 3.63) is 47.8 Å². The smallest absolute Gasteiger partial charge is 0.270 e. The maximum Gasteiger partial charge on any atom is 0.270 e. The molecule has 1 saturated carbocycles. The number of nitrogens with zero attached hydrogens (tertiary/aromatic N) is 1. The summed E-state index contributed by atoms with van der Waals surface area (Å²) in [4.78, 5) is 16.1. The van der Waals surface area contributed by atoms with E-state index in [0.29, 0.717) is 11.7 Å². The standard InChI is InChI=1S/C19H23N3O3/c1-24-17-8-3-13(11-18(17)25-2)9-10-20-15-6-7-16(21-12-15)19(23)22-14-4-5-14/h3,6-8,11-12,14,20H,4-5,9-10H2,1-2H3,(H,22,23). The zero-order valence-corrected chi connectivity index (χ0v) is 14.5. The molecule has 0 radical (unpaired) electrons. The average Bonchev–Trinajstić information content (AvgIpc) is 3.46. The Morgan fingerprint density at radius 3 is 2.60 bits per heavy atom. The van der Waals surface area contributed by atoms with Gasteiger partial charge in [0.2, 0.25) is 0 Å². The maximum absolute atomic E-state index is 11.9. The normalized spacial score (nSPS) is 13.2. The van der Waals surface area contributed by atoms with E-state index in [2.05, 4.69) is 15.6 Å². The number of nitrogens with one attached hydrogen (secondary N) is 2. The van der Waals surface area contributed by atoms with Crippen LogP contribution in [0.3, 0.4) is 0 Å². The minimum Gasteiger partial charge on any atom is -0.493 e. The second-order valence-electron chi connectivity index (χ2n) is 6.05. The molecule has 1 amide bonds. The highest BCUT2D eigenvalue weighted by atomic mass is 16.5. The van der Waals surface area contributed by atoms with Gasteiger partial charge in [-0.05, 0) is 49.1 Å². The molecule has 0 unspecified atom stereocenters. The Hall–Kier alpha value is -2.76. The summed E-state index contributed by atoms with van der Waals surface area (Å²) in [6, 6.07) is 9.87. The number of hydrogen-bond donors (Lipinski definition) is 2. The highest BCUT2D eigenvalue weighted by molar-refractivity contribution is 5.92. The maximum atomic E-state index is 11.9. The Labute approximate surface area is 147 Å². The summed E-state index contributed by atoms with van der Waals surface area (Å²) < 4.78 is 10.6. The van der Waals surface area contributed by atoms with Gasteiger partial charge in [0.05, 0.1) is 26.1 Å². The second-order valence-corrected chi connectivity index (χ2v) is 6.05. The fourth-order valence-electron chi connectivity index (χ4n) is 2.51. The van der Waals surface area contributed by atoms with Crippen molar-refractivity contribution in [1.82, 2.24) is 10.3 Å². The number of methoxy groups -OCH3 is 2. The molecule has 2 N–H and O–H groups in total. The van der Waals surface area contributed by atoms with Crippen molar-refractivity contribution in [3.63, 3.8) is 0 Å². The number of aromatic nitrogens is 1. The van der Waals surface area contributed by atoms with Gasteiger partial charge in [0.15, 0.2) is 11.5 Å². The third-order valence-electron chi connectivity index (χ3n) is 4.10. The molecule has 6 nitrogen and oxygen atoms in total. The van der Waals surface area contributed by atoms with E-state index in [-0.39, 0.29) is 5.91 Å². The summed E-state index contributed by atoms with van der Waals surface area (Å²) in [5, 5.41) is 6.24. The van der Waals surface area contributed by atoms with E-state index in [1.807, 2.05) is 24.3 Å². The van der Waals surface area contributed by atoms with Gasteiger partial charge in [0, 0.05) is 12.6 Å². The molecule has 1 fully saturated rings. The highest BCUT2D eigenvalue weighted by Crippen LogP contribution is 2.27. The predicted molar refractivity (Wildman–Crippen MR) is 96.5 cm³/mol. The first-order valence-electron chi connectivity index (χ1n) is 8.41. The van der Waals surface area contributed by atoms with E-state index < -0.39 is 0 Å². The van der Waals surface area contributed by atoms with Gasteiger partial charge in [-0.25, -0.2) is 4.98 Å². The summed E-state index contributed by atoms with van der Waals surface area (Å²) in [5.41, 5.74) is 2.50. The van der Waals surface area contributed by atoms with Crippen LogP contribution in [0, 0.1) is 0 Å². The van der Waals surface area contributed by atoms with Crippen molar-refractivity contribution < 1.29 is 14.3 Å². The van der Waals surface area contributed by atoms with Crippen molar-refractivity contribution in [2.45, 2.75) is 25.3 Å². The van der Waals surface area contributed by atoms with Crippen LogP contribution in [0.5, 0.6) is 11.5 Å². The largest absolute Gasteiger partial charge is 0.493 e. The molecule has 0 saturated heterocycles. The number of rotatable bonds is 8. The van der Waals surface area contributed by atoms with E-state index >= 15 is 0 Å². The molecule has 0 atom stereocenters. The van der Waals surface area contributed by atoms with Crippen molar-refractivity contribution in [3.8, 4) is 11.5 Å². The van der Waals surface area contributed by atoms with Crippen LogP contribution in [0.15, 0.2) is 36.5 Å². The van der Waals surface area contributed by atoms with Crippen molar-refractivity contribution >= 4 is 11.6 Å². The molecule has 1 aromatic heterocycles. The second kappa shape index (κ2) is 7.88. The topological polar surface area (TPSA) is 72.5 Å². The number of pyridine rings is 1.